The van der Waals surface area contributed by atoms with E-state index in [2.05, 4.69) is 15.0 Å². The summed E-state index contributed by atoms with van der Waals surface area (Å²) in [6.45, 7) is 0.714. The Morgan fingerprint density at radius 1 is 1.29 bits per heavy atom. The molecule has 1 fully saturated rings. The summed E-state index contributed by atoms with van der Waals surface area (Å²) < 4.78 is 18.3. The summed E-state index contributed by atoms with van der Waals surface area (Å²) in [7, 11) is 0. The van der Waals surface area contributed by atoms with Crippen LogP contribution in [-0.2, 0) is 0 Å². The number of rotatable bonds is 3. The molecule has 1 aliphatic rings. The highest BCUT2D eigenvalue weighted by atomic mass is 19.1. The summed E-state index contributed by atoms with van der Waals surface area (Å²) in [6.07, 6.45) is 2.98. The van der Waals surface area contributed by atoms with Crippen LogP contribution in [0, 0.1) is 5.82 Å². The number of amides is 1. The number of halogens is 1. The Hall–Kier alpha value is -3.04. The van der Waals surface area contributed by atoms with E-state index < -0.39 is 23.0 Å². The predicted molar refractivity (Wildman–Crippen MR) is 79.2 cm³/mol. The van der Waals surface area contributed by atoms with Crippen molar-refractivity contribution in [2.45, 2.75) is 18.9 Å². The maximum Gasteiger partial charge on any atom is 0.326 e. The molecule has 2 aromatic heterocycles. The zero-order valence-electron chi connectivity index (χ0n) is 12.5. The van der Waals surface area contributed by atoms with Gasteiger partial charge in [-0.3, -0.25) is 14.6 Å². The fraction of sp³-hybridized carbons (Fsp3) is 0.357. The first-order chi connectivity index (χ1) is 11.5. The van der Waals surface area contributed by atoms with Gasteiger partial charge in [0, 0.05) is 12.6 Å². The van der Waals surface area contributed by atoms with Crippen LogP contribution in [-0.4, -0.2) is 49.9 Å². The zero-order valence-corrected chi connectivity index (χ0v) is 12.5. The molecule has 0 radical (unpaired) electrons. The van der Waals surface area contributed by atoms with Crippen LogP contribution >= 0.6 is 0 Å². The second-order valence-electron chi connectivity index (χ2n) is 5.32. The van der Waals surface area contributed by atoms with Crippen molar-refractivity contribution in [2.75, 3.05) is 13.1 Å². The van der Waals surface area contributed by atoms with Crippen LogP contribution in [0.25, 0.3) is 0 Å². The third-order valence-corrected chi connectivity index (χ3v) is 3.52. The molecule has 10 heteroatoms. The van der Waals surface area contributed by atoms with Gasteiger partial charge in [0.15, 0.2) is 5.82 Å². The topological polar surface area (TPSA) is 121 Å². The van der Waals surface area contributed by atoms with Gasteiger partial charge in [-0.1, -0.05) is 0 Å². The quantitative estimate of drug-likeness (QED) is 0.793. The second kappa shape index (κ2) is 6.60. The summed E-state index contributed by atoms with van der Waals surface area (Å²) in [5, 5.41) is 0. The lowest BCUT2D eigenvalue weighted by Crippen LogP contribution is -2.45. The van der Waals surface area contributed by atoms with Crippen LogP contribution in [0.5, 0.6) is 6.01 Å². The van der Waals surface area contributed by atoms with Crippen molar-refractivity contribution >= 4 is 5.91 Å². The van der Waals surface area contributed by atoms with E-state index in [0.717, 1.165) is 18.5 Å². The Kier molecular flexibility index (Phi) is 4.36. The molecule has 2 aromatic rings. The maximum absolute atomic E-state index is 12.8. The van der Waals surface area contributed by atoms with Crippen LogP contribution in [0.1, 0.15) is 23.3 Å². The largest absolute Gasteiger partial charge is 0.458 e. The first kappa shape index (κ1) is 15.8. The maximum atomic E-state index is 12.8. The van der Waals surface area contributed by atoms with E-state index in [1.165, 1.54) is 4.90 Å². The standard InChI is InChI=1S/C14H14FN5O4/c15-8-5-16-14(17-6-8)24-9-2-1-3-20(7-9)12(22)10-4-11(21)19-13(23)18-10/h4-6,9H,1-3,7H2,(H2,18,19,21,23). The number of piperidine rings is 1. The number of nitrogens with zero attached hydrogens (tertiary/aromatic N) is 3. The highest BCUT2D eigenvalue weighted by Gasteiger charge is 2.27. The Labute approximate surface area is 134 Å². The van der Waals surface area contributed by atoms with Gasteiger partial charge in [-0.25, -0.2) is 19.2 Å². The number of carbonyl (C=O) groups is 1. The number of likely N-dealkylation sites (tertiary alicyclic amines) is 1. The fourth-order valence-electron chi connectivity index (χ4n) is 2.48. The van der Waals surface area contributed by atoms with E-state index in [0.29, 0.717) is 19.4 Å². The molecule has 1 unspecified atom stereocenters. The smallest absolute Gasteiger partial charge is 0.326 e. The van der Waals surface area contributed by atoms with Crippen LogP contribution in [0.15, 0.2) is 28.0 Å². The molecule has 0 saturated carbocycles. The molecule has 126 valence electrons. The van der Waals surface area contributed by atoms with Gasteiger partial charge in [0.05, 0.1) is 18.9 Å². The van der Waals surface area contributed by atoms with E-state index >= 15 is 0 Å². The SMILES string of the molecule is O=C(c1cc(=O)[nH]c(=O)[nH]1)N1CCCC(Oc2ncc(F)cn2)C1. The van der Waals surface area contributed by atoms with E-state index in [-0.39, 0.29) is 24.4 Å². The normalized spacial score (nSPS) is 17.5. The zero-order chi connectivity index (χ0) is 17.1. The van der Waals surface area contributed by atoms with Gasteiger partial charge >= 0.3 is 11.7 Å². The summed E-state index contributed by atoms with van der Waals surface area (Å²) in [4.78, 5) is 48.2. The van der Waals surface area contributed by atoms with Gasteiger partial charge < -0.3 is 14.6 Å². The van der Waals surface area contributed by atoms with E-state index in [1.807, 2.05) is 4.98 Å². The second-order valence-corrected chi connectivity index (χ2v) is 5.32. The minimum Gasteiger partial charge on any atom is -0.458 e. The lowest BCUT2D eigenvalue weighted by Gasteiger charge is -2.32. The molecular weight excluding hydrogens is 321 g/mol. The molecule has 24 heavy (non-hydrogen) atoms. The summed E-state index contributed by atoms with van der Waals surface area (Å²) in [5.41, 5.74) is -1.47. The molecular formula is C14H14FN5O4. The Morgan fingerprint density at radius 2 is 2.04 bits per heavy atom. The molecule has 3 heterocycles. The number of hydrogen-bond acceptors (Lipinski definition) is 6. The Balaban J connectivity index is 1.70. The molecule has 1 aliphatic heterocycles. The molecule has 3 rings (SSSR count). The summed E-state index contributed by atoms with van der Waals surface area (Å²) >= 11 is 0. The van der Waals surface area contributed by atoms with Gasteiger partial charge in [0.2, 0.25) is 0 Å². The average molecular weight is 335 g/mol. The molecule has 1 saturated heterocycles. The van der Waals surface area contributed by atoms with Crippen LogP contribution in [0.2, 0.25) is 0 Å². The van der Waals surface area contributed by atoms with Crippen molar-refractivity contribution in [2.24, 2.45) is 0 Å². The molecule has 0 spiro atoms. The number of nitrogens with one attached hydrogen (secondary N) is 2. The van der Waals surface area contributed by atoms with Crippen LogP contribution in [0.4, 0.5) is 4.39 Å². The molecule has 1 atom stereocenters. The summed E-state index contributed by atoms with van der Waals surface area (Å²) in [5.74, 6) is -1.03. The Morgan fingerprint density at radius 3 is 2.75 bits per heavy atom. The first-order valence-electron chi connectivity index (χ1n) is 7.28. The van der Waals surface area contributed by atoms with Crippen molar-refractivity contribution < 1.29 is 13.9 Å². The van der Waals surface area contributed by atoms with Gasteiger partial charge in [-0.15, -0.1) is 0 Å². The van der Waals surface area contributed by atoms with E-state index in [1.54, 1.807) is 0 Å². The fourth-order valence-corrected chi connectivity index (χ4v) is 2.48. The number of hydrogen-bond donors (Lipinski definition) is 2. The van der Waals surface area contributed by atoms with Gasteiger partial charge in [0.1, 0.15) is 11.8 Å². The lowest BCUT2D eigenvalue weighted by atomic mass is 10.1. The van der Waals surface area contributed by atoms with Gasteiger partial charge in [-0.2, -0.15) is 0 Å². The third-order valence-electron chi connectivity index (χ3n) is 3.52. The number of H-pyrrole nitrogens is 2. The minimum absolute atomic E-state index is 0.0280. The van der Waals surface area contributed by atoms with Crippen LogP contribution < -0.4 is 16.0 Å². The highest BCUT2D eigenvalue weighted by molar-refractivity contribution is 5.92. The van der Waals surface area contributed by atoms with Gasteiger partial charge in [0.25, 0.3) is 11.5 Å². The molecule has 0 bridgehead atoms. The lowest BCUT2D eigenvalue weighted by molar-refractivity contribution is 0.0509. The van der Waals surface area contributed by atoms with Crippen LogP contribution in [0.3, 0.4) is 0 Å². The summed E-state index contributed by atoms with van der Waals surface area (Å²) in [6, 6.07) is 1.07. The highest BCUT2D eigenvalue weighted by Crippen LogP contribution is 2.16. The Bertz CT molecular complexity index is 819. The molecule has 1 amide bonds. The van der Waals surface area contributed by atoms with Crippen molar-refractivity contribution in [3.8, 4) is 6.01 Å². The van der Waals surface area contributed by atoms with E-state index in [4.69, 9.17) is 4.74 Å². The minimum atomic E-state index is -0.740. The number of ether oxygens (including phenoxy) is 1. The predicted octanol–water partition coefficient (Wildman–Crippen LogP) is -0.324. The van der Waals surface area contributed by atoms with Gasteiger partial charge in [-0.05, 0) is 12.8 Å². The molecule has 0 aromatic carbocycles. The first-order valence-corrected chi connectivity index (χ1v) is 7.28. The van der Waals surface area contributed by atoms with Crippen molar-refractivity contribution in [3.05, 3.63) is 50.8 Å². The van der Waals surface area contributed by atoms with Crippen molar-refractivity contribution in [1.82, 2.24) is 24.8 Å². The average Bonchev–Trinajstić information content (AvgIpc) is 2.56. The van der Waals surface area contributed by atoms with Crippen molar-refractivity contribution in [1.29, 1.82) is 0 Å². The van der Waals surface area contributed by atoms with E-state index in [9.17, 15) is 18.8 Å². The molecule has 0 aliphatic carbocycles. The molecule has 9 nitrogen and oxygen atoms in total. The third kappa shape index (κ3) is 3.65. The number of aromatic amines is 2. The monoisotopic (exact) mass is 335 g/mol. The number of carbonyl (C=O) groups excluding carboxylic acids is 1. The van der Waals surface area contributed by atoms with Crippen molar-refractivity contribution in [3.63, 3.8) is 0 Å². The molecule has 2 N–H and O–H groups in total. The number of aromatic nitrogens is 4.